The van der Waals surface area contributed by atoms with E-state index in [4.69, 9.17) is 0 Å². The fraction of sp³-hybridized carbons (Fsp3) is 0.444. The second-order valence-corrected chi connectivity index (χ2v) is 6.46. The molecule has 0 aromatic carbocycles. The van der Waals surface area contributed by atoms with Crippen LogP contribution in [0.4, 0.5) is 0 Å². The minimum absolute atomic E-state index is 0.289. The quantitative estimate of drug-likeness (QED) is 0.874. The first-order valence-electron chi connectivity index (χ1n) is 8.32. The van der Waals surface area contributed by atoms with Gasteiger partial charge in [-0.15, -0.1) is 0 Å². The number of hydrogen-bond donors (Lipinski definition) is 0. The van der Waals surface area contributed by atoms with E-state index in [2.05, 4.69) is 15.0 Å². The van der Waals surface area contributed by atoms with Crippen LogP contribution in [0.25, 0.3) is 11.1 Å². The standard InChI is InChI=1S/C18H20N4O/c23-18(14-3-4-14)22-9-1-2-15(11-22)17-16(10-20-12-21-17)13-5-7-19-8-6-13/h5-8,10,12,14-15H,1-4,9,11H2/t15-/m0/s1. The van der Waals surface area contributed by atoms with Crippen molar-refractivity contribution in [2.24, 2.45) is 5.92 Å². The van der Waals surface area contributed by atoms with Crippen LogP contribution in [-0.2, 0) is 4.79 Å². The Hall–Kier alpha value is -2.30. The summed E-state index contributed by atoms with van der Waals surface area (Å²) in [5.41, 5.74) is 3.20. The van der Waals surface area contributed by atoms with Gasteiger partial charge in [0.05, 0.1) is 5.69 Å². The summed E-state index contributed by atoms with van der Waals surface area (Å²) in [7, 11) is 0. The molecule has 2 aromatic heterocycles. The Morgan fingerprint density at radius 1 is 1.13 bits per heavy atom. The average molecular weight is 308 g/mol. The third-order valence-corrected chi connectivity index (χ3v) is 4.78. The van der Waals surface area contributed by atoms with Gasteiger partial charge in [0.15, 0.2) is 0 Å². The average Bonchev–Trinajstić information content (AvgIpc) is 3.47. The molecule has 1 atom stereocenters. The molecular formula is C18H20N4O. The van der Waals surface area contributed by atoms with Gasteiger partial charge in [0.2, 0.25) is 5.91 Å². The minimum atomic E-state index is 0.289. The molecule has 23 heavy (non-hydrogen) atoms. The lowest BCUT2D eigenvalue weighted by molar-refractivity contribution is -0.133. The van der Waals surface area contributed by atoms with E-state index < -0.39 is 0 Å². The fourth-order valence-corrected chi connectivity index (χ4v) is 3.41. The Morgan fingerprint density at radius 2 is 1.96 bits per heavy atom. The largest absolute Gasteiger partial charge is 0.342 e. The lowest BCUT2D eigenvalue weighted by Gasteiger charge is -2.33. The molecule has 118 valence electrons. The van der Waals surface area contributed by atoms with E-state index in [1.807, 2.05) is 23.2 Å². The maximum atomic E-state index is 12.4. The fourth-order valence-electron chi connectivity index (χ4n) is 3.41. The van der Waals surface area contributed by atoms with E-state index in [0.717, 1.165) is 55.6 Å². The highest BCUT2D eigenvalue weighted by Crippen LogP contribution is 2.36. The molecule has 2 fully saturated rings. The molecule has 2 aromatic rings. The maximum absolute atomic E-state index is 12.4. The zero-order chi connectivity index (χ0) is 15.6. The molecule has 0 unspecified atom stereocenters. The van der Waals surface area contributed by atoms with Gasteiger partial charge >= 0.3 is 0 Å². The Bertz CT molecular complexity index is 699. The van der Waals surface area contributed by atoms with E-state index in [-0.39, 0.29) is 5.92 Å². The predicted octanol–water partition coefficient (Wildman–Crippen LogP) is 2.65. The van der Waals surface area contributed by atoms with Gasteiger partial charge in [-0.2, -0.15) is 0 Å². The van der Waals surface area contributed by atoms with Crippen molar-refractivity contribution >= 4 is 5.91 Å². The van der Waals surface area contributed by atoms with Crippen LogP contribution in [0.5, 0.6) is 0 Å². The van der Waals surface area contributed by atoms with Crippen LogP contribution >= 0.6 is 0 Å². The lowest BCUT2D eigenvalue weighted by atomic mass is 9.90. The van der Waals surface area contributed by atoms with Crippen LogP contribution in [0, 0.1) is 5.92 Å². The van der Waals surface area contributed by atoms with E-state index in [0.29, 0.717) is 11.8 Å². The first-order chi connectivity index (χ1) is 11.3. The molecule has 4 rings (SSSR count). The Balaban J connectivity index is 1.61. The second kappa shape index (κ2) is 6.07. The first-order valence-corrected chi connectivity index (χ1v) is 8.32. The molecule has 3 heterocycles. The summed E-state index contributed by atoms with van der Waals surface area (Å²) >= 11 is 0. The molecule has 0 bridgehead atoms. The van der Waals surface area contributed by atoms with Crippen molar-refractivity contribution in [3.05, 3.63) is 42.7 Å². The molecule has 2 aliphatic rings. The smallest absolute Gasteiger partial charge is 0.225 e. The summed E-state index contributed by atoms with van der Waals surface area (Å²) in [6.45, 7) is 1.67. The monoisotopic (exact) mass is 308 g/mol. The van der Waals surface area contributed by atoms with E-state index in [9.17, 15) is 4.79 Å². The van der Waals surface area contributed by atoms with Gasteiger partial charge in [0.1, 0.15) is 6.33 Å². The van der Waals surface area contributed by atoms with Crippen molar-refractivity contribution in [1.82, 2.24) is 19.9 Å². The maximum Gasteiger partial charge on any atom is 0.225 e. The number of nitrogens with zero attached hydrogens (tertiary/aromatic N) is 4. The minimum Gasteiger partial charge on any atom is -0.342 e. The van der Waals surface area contributed by atoms with E-state index >= 15 is 0 Å². The number of likely N-dealkylation sites (tertiary alicyclic amines) is 1. The molecule has 0 N–H and O–H groups in total. The van der Waals surface area contributed by atoms with Crippen molar-refractivity contribution in [2.75, 3.05) is 13.1 Å². The van der Waals surface area contributed by atoms with Crippen LogP contribution in [-0.4, -0.2) is 38.8 Å². The first kappa shape index (κ1) is 14.3. The highest BCUT2D eigenvalue weighted by atomic mass is 16.2. The summed E-state index contributed by atoms with van der Waals surface area (Å²) < 4.78 is 0. The number of rotatable bonds is 3. The molecule has 0 radical (unpaired) electrons. The van der Waals surface area contributed by atoms with Crippen molar-refractivity contribution < 1.29 is 4.79 Å². The summed E-state index contributed by atoms with van der Waals surface area (Å²) in [5, 5.41) is 0. The Kier molecular flexibility index (Phi) is 3.77. The number of amides is 1. The second-order valence-electron chi connectivity index (χ2n) is 6.46. The van der Waals surface area contributed by atoms with Crippen LogP contribution < -0.4 is 0 Å². The predicted molar refractivity (Wildman–Crippen MR) is 86.5 cm³/mol. The molecule has 5 nitrogen and oxygen atoms in total. The van der Waals surface area contributed by atoms with E-state index in [1.54, 1.807) is 18.7 Å². The number of carbonyl (C=O) groups is 1. The normalized spacial score (nSPS) is 21.2. The SMILES string of the molecule is O=C(C1CC1)N1CCC[C@H](c2ncncc2-c2ccncc2)C1. The molecule has 1 aliphatic carbocycles. The number of piperidine rings is 1. The van der Waals surface area contributed by atoms with Gasteiger partial charge in [-0.3, -0.25) is 9.78 Å². The van der Waals surface area contributed by atoms with Gasteiger partial charge < -0.3 is 4.90 Å². The Morgan fingerprint density at radius 3 is 2.74 bits per heavy atom. The molecule has 1 saturated heterocycles. The van der Waals surface area contributed by atoms with E-state index in [1.165, 1.54) is 0 Å². The zero-order valence-corrected chi connectivity index (χ0v) is 13.1. The molecule has 1 amide bonds. The number of hydrogen-bond acceptors (Lipinski definition) is 4. The third-order valence-electron chi connectivity index (χ3n) is 4.78. The number of carbonyl (C=O) groups excluding carboxylic acids is 1. The van der Waals surface area contributed by atoms with Gasteiger partial charge in [-0.05, 0) is 43.4 Å². The van der Waals surface area contributed by atoms with Crippen LogP contribution in [0.1, 0.15) is 37.3 Å². The third kappa shape index (κ3) is 2.96. The van der Waals surface area contributed by atoms with Crippen LogP contribution in [0.2, 0.25) is 0 Å². The van der Waals surface area contributed by atoms with Gasteiger partial charge in [0, 0.05) is 49.1 Å². The van der Waals surface area contributed by atoms with Crippen LogP contribution in [0.3, 0.4) is 0 Å². The van der Waals surface area contributed by atoms with Crippen molar-refractivity contribution in [3.63, 3.8) is 0 Å². The highest BCUT2D eigenvalue weighted by Gasteiger charge is 2.36. The lowest BCUT2D eigenvalue weighted by Crippen LogP contribution is -2.40. The molecular weight excluding hydrogens is 288 g/mol. The molecule has 1 saturated carbocycles. The topological polar surface area (TPSA) is 59.0 Å². The summed E-state index contributed by atoms with van der Waals surface area (Å²) in [6, 6.07) is 3.97. The van der Waals surface area contributed by atoms with Crippen LogP contribution in [0.15, 0.2) is 37.1 Å². The van der Waals surface area contributed by atoms with Gasteiger partial charge in [-0.1, -0.05) is 0 Å². The number of pyridine rings is 1. The molecule has 5 heteroatoms. The van der Waals surface area contributed by atoms with Crippen molar-refractivity contribution in [3.8, 4) is 11.1 Å². The molecule has 1 aliphatic heterocycles. The Labute approximate surface area is 135 Å². The zero-order valence-electron chi connectivity index (χ0n) is 13.1. The van der Waals surface area contributed by atoms with Gasteiger partial charge in [-0.25, -0.2) is 9.97 Å². The molecule has 0 spiro atoms. The summed E-state index contributed by atoms with van der Waals surface area (Å²) in [5.74, 6) is 0.922. The summed E-state index contributed by atoms with van der Waals surface area (Å²) in [6.07, 6.45) is 11.3. The number of aromatic nitrogens is 3. The highest BCUT2D eigenvalue weighted by molar-refractivity contribution is 5.81. The van der Waals surface area contributed by atoms with Crippen molar-refractivity contribution in [2.45, 2.75) is 31.6 Å². The van der Waals surface area contributed by atoms with Crippen molar-refractivity contribution in [1.29, 1.82) is 0 Å². The summed E-state index contributed by atoms with van der Waals surface area (Å²) in [4.78, 5) is 27.3. The van der Waals surface area contributed by atoms with Gasteiger partial charge in [0.25, 0.3) is 0 Å².